The first-order chi connectivity index (χ1) is 17.5. The lowest BCUT2D eigenvalue weighted by molar-refractivity contribution is 0.199. The highest BCUT2D eigenvalue weighted by molar-refractivity contribution is 5.78. The Labute approximate surface area is 217 Å². The first-order valence-corrected chi connectivity index (χ1v) is 13.4. The summed E-state index contributed by atoms with van der Waals surface area (Å²) in [6.45, 7) is 14.7. The van der Waals surface area contributed by atoms with E-state index in [2.05, 4.69) is 60.4 Å². The lowest BCUT2D eigenvalue weighted by Gasteiger charge is -2.07. The number of aryl methyl sites for hydroxylation is 1. The molecule has 2 aromatic carbocycles. The van der Waals surface area contributed by atoms with Crippen LogP contribution in [-0.4, -0.2) is 32.8 Å². The molecule has 5 heteroatoms. The molecule has 2 aromatic heterocycles. The van der Waals surface area contributed by atoms with Gasteiger partial charge in [0.2, 0.25) is 0 Å². The standard InChI is InChI=1S/C21H19N3O.C8H19N.C2H6/c1-14-6-8-16(9-7-14)19-11-22-21-20(12-23-24(21)13-19)18-5-3-4-17(10-18)15(2)25;1-3-5-6-8-9-7-4-2;1-2/h3-13,15,25H,1-2H3;9H,3-8H2,1-2H3;1-2H3. The molecule has 0 radical (unpaired) electrons. The minimum atomic E-state index is -0.497. The van der Waals surface area contributed by atoms with Gasteiger partial charge in [-0.1, -0.05) is 88.6 Å². The first-order valence-electron chi connectivity index (χ1n) is 13.4. The topological polar surface area (TPSA) is 62.5 Å². The van der Waals surface area contributed by atoms with Gasteiger partial charge in [-0.3, -0.25) is 0 Å². The number of aliphatic hydroxyl groups excluding tert-OH is 1. The molecule has 4 rings (SSSR count). The van der Waals surface area contributed by atoms with Crippen molar-refractivity contribution in [1.82, 2.24) is 19.9 Å². The van der Waals surface area contributed by atoms with E-state index in [1.165, 1.54) is 44.3 Å². The minimum Gasteiger partial charge on any atom is -0.389 e. The van der Waals surface area contributed by atoms with Gasteiger partial charge in [0.1, 0.15) is 0 Å². The summed E-state index contributed by atoms with van der Waals surface area (Å²) in [5.74, 6) is 0. The molecule has 2 N–H and O–H groups in total. The highest BCUT2D eigenvalue weighted by Gasteiger charge is 2.11. The summed E-state index contributed by atoms with van der Waals surface area (Å²) in [6.07, 6.45) is 10.5. The summed E-state index contributed by atoms with van der Waals surface area (Å²) in [5, 5.41) is 17.6. The van der Waals surface area contributed by atoms with Crippen LogP contribution in [0.4, 0.5) is 0 Å². The maximum Gasteiger partial charge on any atom is 0.162 e. The molecule has 0 fully saturated rings. The van der Waals surface area contributed by atoms with Gasteiger partial charge in [0.15, 0.2) is 5.65 Å². The Hall–Kier alpha value is -3.02. The van der Waals surface area contributed by atoms with Crippen molar-refractivity contribution in [3.63, 3.8) is 0 Å². The van der Waals surface area contributed by atoms with Crippen molar-refractivity contribution >= 4 is 5.65 Å². The van der Waals surface area contributed by atoms with E-state index in [0.29, 0.717) is 0 Å². The van der Waals surface area contributed by atoms with Crippen molar-refractivity contribution < 1.29 is 5.11 Å². The van der Waals surface area contributed by atoms with Crippen LogP contribution in [0.5, 0.6) is 0 Å². The maximum atomic E-state index is 9.80. The third kappa shape index (κ3) is 8.58. The van der Waals surface area contributed by atoms with Gasteiger partial charge in [-0.05, 0) is 62.5 Å². The zero-order valence-corrected chi connectivity index (χ0v) is 23.0. The third-order valence-corrected chi connectivity index (χ3v) is 5.81. The molecule has 1 unspecified atom stereocenters. The summed E-state index contributed by atoms with van der Waals surface area (Å²) in [7, 11) is 0. The molecule has 194 valence electrons. The summed E-state index contributed by atoms with van der Waals surface area (Å²) in [6, 6.07) is 16.2. The SMILES string of the molecule is CC.CCCCCNCCC.Cc1ccc(-c2cnc3c(-c4cccc(C(C)O)c4)cnn3c2)cc1. The van der Waals surface area contributed by atoms with Gasteiger partial charge in [-0.15, -0.1) is 0 Å². The normalized spacial score (nSPS) is 11.3. The number of unbranched alkanes of at least 4 members (excludes halogenated alkanes) is 2. The predicted molar refractivity (Wildman–Crippen MR) is 153 cm³/mol. The van der Waals surface area contributed by atoms with Crippen LogP contribution in [0, 0.1) is 6.92 Å². The van der Waals surface area contributed by atoms with Crippen LogP contribution < -0.4 is 5.32 Å². The van der Waals surface area contributed by atoms with Crippen LogP contribution in [-0.2, 0) is 0 Å². The second kappa shape index (κ2) is 15.9. The van der Waals surface area contributed by atoms with Crippen LogP contribution >= 0.6 is 0 Å². The Morgan fingerprint density at radius 1 is 0.889 bits per heavy atom. The fraction of sp³-hybridized carbons (Fsp3) is 0.419. The smallest absolute Gasteiger partial charge is 0.162 e. The van der Waals surface area contributed by atoms with E-state index >= 15 is 0 Å². The molecule has 5 nitrogen and oxygen atoms in total. The Morgan fingerprint density at radius 3 is 2.31 bits per heavy atom. The molecular formula is C31H44N4O. The molecular weight excluding hydrogens is 444 g/mol. The van der Waals surface area contributed by atoms with Gasteiger partial charge in [0, 0.05) is 23.5 Å². The van der Waals surface area contributed by atoms with E-state index < -0.39 is 6.10 Å². The molecule has 0 bridgehead atoms. The van der Waals surface area contributed by atoms with Gasteiger partial charge in [0.25, 0.3) is 0 Å². The minimum absolute atomic E-state index is 0.497. The van der Waals surface area contributed by atoms with Crippen molar-refractivity contribution in [2.45, 2.75) is 73.3 Å². The molecule has 36 heavy (non-hydrogen) atoms. The number of fused-ring (bicyclic) bond motifs is 1. The van der Waals surface area contributed by atoms with E-state index in [1.54, 1.807) is 11.4 Å². The third-order valence-electron chi connectivity index (χ3n) is 5.81. The van der Waals surface area contributed by atoms with Crippen molar-refractivity contribution in [2.24, 2.45) is 0 Å². The van der Waals surface area contributed by atoms with Crippen LogP contribution in [0.2, 0.25) is 0 Å². The number of hydrogen-bond donors (Lipinski definition) is 2. The summed E-state index contributed by atoms with van der Waals surface area (Å²) in [5.41, 5.74) is 7.03. The van der Waals surface area contributed by atoms with Gasteiger partial charge in [-0.25, -0.2) is 9.50 Å². The molecule has 0 aliphatic rings. The Bertz CT molecular complexity index is 1140. The molecule has 2 heterocycles. The van der Waals surface area contributed by atoms with Crippen LogP contribution in [0.3, 0.4) is 0 Å². The van der Waals surface area contributed by atoms with Crippen LogP contribution in [0.1, 0.15) is 77.5 Å². The van der Waals surface area contributed by atoms with Gasteiger partial charge in [-0.2, -0.15) is 5.10 Å². The van der Waals surface area contributed by atoms with Gasteiger partial charge in [0.05, 0.1) is 12.3 Å². The number of benzene rings is 2. The predicted octanol–water partition coefficient (Wildman–Crippen LogP) is 7.63. The number of aliphatic hydroxyl groups is 1. The number of aromatic nitrogens is 3. The molecule has 0 amide bonds. The summed E-state index contributed by atoms with van der Waals surface area (Å²) < 4.78 is 1.81. The van der Waals surface area contributed by atoms with E-state index in [4.69, 9.17) is 0 Å². The number of rotatable bonds is 9. The average molecular weight is 489 g/mol. The summed E-state index contributed by atoms with van der Waals surface area (Å²) >= 11 is 0. The average Bonchev–Trinajstić information content (AvgIpc) is 3.34. The lowest BCUT2D eigenvalue weighted by atomic mass is 10.0. The van der Waals surface area contributed by atoms with Crippen molar-refractivity contribution in [2.75, 3.05) is 13.1 Å². The first kappa shape index (κ1) is 29.2. The molecule has 1 atom stereocenters. The molecule has 0 aliphatic heterocycles. The second-order valence-corrected chi connectivity index (χ2v) is 8.79. The second-order valence-electron chi connectivity index (χ2n) is 8.79. The zero-order valence-electron chi connectivity index (χ0n) is 23.0. The Balaban J connectivity index is 0.000000354. The molecule has 0 saturated heterocycles. The van der Waals surface area contributed by atoms with Crippen molar-refractivity contribution in [3.8, 4) is 22.3 Å². The van der Waals surface area contributed by atoms with Crippen LogP contribution in [0.15, 0.2) is 67.1 Å². The van der Waals surface area contributed by atoms with E-state index in [9.17, 15) is 5.11 Å². The Morgan fingerprint density at radius 2 is 1.64 bits per heavy atom. The highest BCUT2D eigenvalue weighted by atomic mass is 16.3. The highest BCUT2D eigenvalue weighted by Crippen LogP contribution is 2.27. The number of hydrogen-bond acceptors (Lipinski definition) is 4. The van der Waals surface area contributed by atoms with Gasteiger partial charge >= 0.3 is 0 Å². The quantitative estimate of drug-likeness (QED) is 0.238. The van der Waals surface area contributed by atoms with Gasteiger partial charge < -0.3 is 10.4 Å². The molecule has 0 spiro atoms. The fourth-order valence-electron chi connectivity index (χ4n) is 3.74. The van der Waals surface area contributed by atoms with Crippen molar-refractivity contribution in [1.29, 1.82) is 0 Å². The number of nitrogens with one attached hydrogen (secondary N) is 1. The zero-order chi connectivity index (χ0) is 26.3. The maximum absolute atomic E-state index is 9.80. The van der Waals surface area contributed by atoms with E-state index in [1.807, 2.05) is 56.7 Å². The number of nitrogens with zero attached hydrogens (tertiary/aromatic N) is 3. The van der Waals surface area contributed by atoms with Crippen LogP contribution in [0.25, 0.3) is 27.9 Å². The molecule has 4 aromatic rings. The van der Waals surface area contributed by atoms with E-state index in [0.717, 1.165) is 33.5 Å². The largest absolute Gasteiger partial charge is 0.389 e. The van der Waals surface area contributed by atoms with Crippen molar-refractivity contribution in [3.05, 3.63) is 78.2 Å². The fourth-order valence-corrected chi connectivity index (χ4v) is 3.74. The molecule has 0 aliphatic carbocycles. The Kier molecular flexibility index (Phi) is 12.9. The monoisotopic (exact) mass is 488 g/mol. The lowest BCUT2D eigenvalue weighted by Crippen LogP contribution is -2.15. The summed E-state index contributed by atoms with van der Waals surface area (Å²) in [4.78, 5) is 4.63. The molecule has 0 saturated carbocycles. The van der Waals surface area contributed by atoms with E-state index in [-0.39, 0.29) is 0 Å².